The minimum atomic E-state index is -0.450. The monoisotopic (exact) mass is 142 g/mol. The standard InChI is InChI=1S/C7H7ClO/c1-7(8)4-2-6(9)3-5-7/h2-5H,1H3. The van der Waals surface area contributed by atoms with Gasteiger partial charge in [0.1, 0.15) is 0 Å². The SMILES string of the molecule is CC1(Cl)C=CC(=O)C=C1. The molecule has 0 aliphatic heterocycles. The predicted molar refractivity (Wildman–Crippen MR) is 37.5 cm³/mol. The van der Waals surface area contributed by atoms with Gasteiger partial charge in [-0.1, -0.05) is 12.2 Å². The summed E-state index contributed by atoms with van der Waals surface area (Å²) in [6, 6.07) is 0. The normalized spacial score (nSPS) is 22.7. The van der Waals surface area contributed by atoms with Gasteiger partial charge >= 0.3 is 0 Å². The molecule has 0 aromatic heterocycles. The van der Waals surface area contributed by atoms with E-state index in [2.05, 4.69) is 0 Å². The highest BCUT2D eigenvalue weighted by Crippen LogP contribution is 2.20. The number of rotatable bonds is 0. The number of hydrogen-bond donors (Lipinski definition) is 0. The average Bonchev–Trinajstić information content (AvgIpc) is 1.78. The van der Waals surface area contributed by atoms with Crippen molar-refractivity contribution >= 4 is 17.4 Å². The van der Waals surface area contributed by atoms with Crippen LogP contribution in [0.1, 0.15) is 6.92 Å². The second kappa shape index (κ2) is 1.99. The summed E-state index contributed by atoms with van der Waals surface area (Å²) >= 11 is 5.81. The minimum absolute atomic E-state index is 0.00752. The van der Waals surface area contributed by atoms with Crippen molar-refractivity contribution in [2.24, 2.45) is 0 Å². The molecular weight excluding hydrogens is 136 g/mol. The van der Waals surface area contributed by atoms with Crippen molar-refractivity contribution in [3.8, 4) is 0 Å². The second-order valence-electron chi connectivity index (χ2n) is 2.22. The highest BCUT2D eigenvalue weighted by molar-refractivity contribution is 6.27. The number of carbonyl (C=O) groups excluding carboxylic acids is 1. The first kappa shape index (κ1) is 6.56. The quantitative estimate of drug-likeness (QED) is 0.471. The van der Waals surface area contributed by atoms with E-state index in [0.29, 0.717) is 0 Å². The maximum Gasteiger partial charge on any atom is 0.178 e. The third-order valence-electron chi connectivity index (χ3n) is 1.15. The number of ketones is 1. The Balaban J connectivity index is 2.82. The van der Waals surface area contributed by atoms with Crippen LogP contribution >= 0.6 is 11.6 Å². The summed E-state index contributed by atoms with van der Waals surface area (Å²) in [5.41, 5.74) is 0. The summed E-state index contributed by atoms with van der Waals surface area (Å²) in [6.45, 7) is 1.83. The summed E-state index contributed by atoms with van der Waals surface area (Å²) in [5.74, 6) is 0.00752. The van der Waals surface area contributed by atoms with Crippen molar-refractivity contribution in [2.75, 3.05) is 0 Å². The first-order valence-corrected chi connectivity index (χ1v) is 3.09. The molecule has 1 aliphatic rings. The van der Waals surface area contributed by atoms with Gasteiger partial charge in [-0.3, -0.25) is 4.79 Å². The fraction of sp³-hybridized carbons (Fsp3) is 0.286. The zero-order valence-electron chi connectivity index (χ0n) is 5.10. The van der Waals surface area contributed by atoms with E-state index in [-0.39, 0.29) is 5.78 Å². The Labute approximate surface area is 59.0 Å². The largest absolute Gasteiger partial charge is 0.290 e. The molecule has 48 valence electrons. The van der Waals surface area contributed by atoms with Crippen LogP contribution in [-0.4, -0.2) is 10.7 Å². The van der Waals surface area contributed by atoms with Gasteiger partial charge in [-0.25, -0.2) is 0 Å². The van der Waals surface area contributed by atoms with Crippen LogP contribution in [0.4, 0.5) is 0 Å². The second-order valence-corrected chi connectivity index (χ2v) is 3.03. The zero-order valence-corrected chi connectivity index (χ0v) is 5.85. The molecule has 0 unspecified atom stereocenters. The van der Waals surface area contributed by atoms with Crippen LogP contribution in [0.25, 0.3) is 0 Å². The summed E-state index contributed by atoms with van der Waals surface area (Å²) in [5, 5.41) is 0. The topological polar surface area (TPSA) is 17.1 Å². The zero-order chi connectivity index (χ0) is 6.91. The lowest BCUT2D eigenvalue weighted by atomic mass is 10.0. The van der Waals surface area contributed by atoms with Gasteiger partial charge in [0.05, 0.1) is 4.87 Å². The lowest BCUT2D eigenvalue weighted by Crippen LogP contribution is -2.12. The average molecular weight is 143 g/mol. The molecule has 0 saturated heterocycles. The molecule has 0 saturated carbocycles. The molecule has 9 heavy (non-hydrogen) atoms. The molecule has 0 fully saturated rings. The van der Waals surface area contributed by atoms with Crippen LogP contribution in [0.2, 0.25) is 0 Å². The highest BCUT2D eigenvalue weighted by Gasteiger charge is 2.15. The molecule has 1 aliphatic carbocycles. The van der Waals surface area contributed by atoms with E-state index in [1.807, 2.05) is 6.92 Å². The number of alkyl halides is 1. The van der Waals surface area contributed by atoms with Crippen molar-refractivity contribution in [1.29, 1.82) is 0 Å². The third-order valence-corrected chi connectivity index (χ3v) is 1.40. The lowest BCUT2D eigenvalue weighted by molar-refractivity contribution is -0.110. The fourth-order valence-electron chi connectivity index (χ4n) is 0.601. The molecule has 0 atom stereocenters. The minimum Gasteiger partial charge on any atom is -0.290 e. The first-order chi connectivity index (χ1) is 4.10. The Morgan fingerprint density at radius 2 is 1.89 bits per heavy atom. The first-order valence-electron chi connectivity index (χ1n) is 2.71. The van der Waals surface area contributed by atoms with Crippen LogP contribution in [-0.2, 0) is 4.79 Å². The van der Waals surface area contributed by atoms with Gasteiger partial charge in [-0.2, -0.15) is 0 Å². The Hall–Kier alpha value is -0.560. The molecule has 0 amide bonds. The number of allylic oxidation sites excluding steroid dienone is 4. The van der Waals surface area contributed by atoms with Crippen molar-refractivity contribution in [1.82, 2.24) is 0 Å². The van der Waals surface area contributed by atoms with E-state index in [1.165, 1.54) is 12.2 Å². The van der Waals surface area contributed by atoms with Crippen LogP contribution in [0.3, 0.4) is 0 Å². The summed E-state index contributed by atoms with van der Waals surface area (Å²) in [4.78, 5) is 10.1. The highest BCUT2D eigenvalue weighted by atomic mass is 35.5. The number of halogens is 1. The van der Waals surface area contributed by atoms with Crippen molar-refractivity contribution in [3.63, 3.8) is 0 Å². The van der Waals surface area contributed by atoms with E-state index in [4.69, 9.17) is 11.6 Å². The van der Waals surface area contributed by atoms with Gasteiger partial charge in [-0.05, 0) is 19.1 Å². The molecule has 0 N–H and O–H groups in total. The third kappa shape index (κ3) is 1.68. The smallest absolute Gasteiger partial charge is 0.178 e. The maximum atomic E-state index is 10.5. The van der Waals surface area contributed by atoms with E-state index >= 15 is 0 Å². The summed E-state index contributed by atoms with van der Waals surface area (Å²) < 4.78 is 0. The number of carbonyl (C=O) groups is 1. The lowest BCUT2D eigenvalue weighted by Gasteiger charge is -2.13. The fourth-order valence-corrected chi connectivity index (χ4v) is 0.727. The summed E-state index contributed by atoms with van der Waals surface area (Å²) in [7, 11) is 0. The van der Waals surface area contributed by atoms with Crippen molar-refractivity contribution in [2.45, 2.75) is 11.8 Å². The Morgan fingerprint density at radius 1 is 1.44 bits per heavy atom. The molecule has 1 nitrogen and oxygen atoms in total. The summed E-state index contributed by atoms with van der Waals surface area (Å²) in [6.07, 6.45) is 6.31. The van der Waals surface area contributed by atoms with Gasteiger partial charge in [0.15, 0.2) is 5.78 Å². The van der Waals surface area contributed by atoms with E-state index < -0.39 is 4.87 Å². The molecule has 0 bridgehead atoms. The molecule has 1 rings (SSSR count). The molecule has 0 aromatic rings. The van der Waals surface area contributed by atoms with Gasteiger partial charge in [0, 0.05) is 0 Å². The molecular formula is C7H7ClO. The van der Waals surface area contributed by atoms with E-state index in [1.54, 1.807) is 12.2 Å². The Bertz CT molecular complexity index is 171. The molecule has 0 spiro atoms. The molecule has 0 aromatic carbocycles. The van der Waals surface area contributed by atoms with Gasteiger partial charge in [0.25, 0.3) is 0 Å². The molecule has 0 radical (unpaired) electrons. The van der Waals surface area contributed by atoms with Gasteiger partial charge in [-0.15, -0.1) is 11.6 Å². The van der Waals surface area contributed by atoms with Crippen molar-refractivity contribution < 1.29 is 4.79 Å². The maximum absolute atomic E-state index is 10.5. The van der Waals surface area contributed by atoms with Crippen LogP contribution in [0.5, 0.6) is 0 Å². The van der Waals surface area contributed by atoms with Gasteiger partial charge < -0.3 is 0 Å². The van der Waals surface area contributed by atoms with Crippen LogP contribution in [0, 0.1) is 0 Å². The molecule has 0 heterocycles. The van der Waals surface area contributed by atoms with Gasteiger partial charge in [0.2, 0.25) is 0 Å². The van der Waals surface area contributed by atoms with Crippen molar-refractivity contribution in [3.05, 3.63) is 24.3 Å². The predicted octanol–water partition coefficient (Wildman–Crippen LogP) is 1.68. The van der Waals surface area contributed by atoms with E-state index in [9.17, 15) is 4.79 Å². The number of hydrogen-bond acceptors (Lipinski definition) is 1. The van der Waals surface area contributed by atoms with E-state index in [0.717, 1.165) is 0 Å². The van der Waals surface area contributed by atoms with Crippen LogP contribution < -0.4 is 0 Å². The Morgan fingerprint density at radius 3 is 2.22 bits per heavy atom. The van der Waals surface area contributed by atoms with Crippen LogP contribution in [0.15, 0.2) is 24.3 Å². The Kier molecular flexibility index (Phi) is 1.45. The molecule has 2 heteroatoms.